The minimum Gasteiger partial charge on any atom is -0.487 e. The highest BCUT2D eigenvalue weighted by molar-refractivity contribution is 8.15. The zero-order valence-corrected chi connectivity index (χ0v) is 13.7. The van der Waals surface area contributed by atoms with Crippen LogP contribution in [0, 0.1) is 0 Å². The lowest BCUT2D eigenvalue weighted by Crippen LogP contribution is -2.21. The first-order valence-corrected chi connectivity index (χ1v) is 8.39. The third kappa shape index (κ3) is 4.45. The Hall–Kier alpha value is -2.60. The predicted octanol–water partition coefficient (Wildman–Crippen LogP) is 3.13. The van der Waals surface area contributed by atoms with Crippen molar-refractivity contribution in [2.24, 2.45) is 4.99 Å². The van der Waals surface area contributed by atoms with E-state index in [0.717, 1.165) is 5.75 Å². The third-order valence-corrected chi connectivity index (χ3v) is 4.46. The Morgan fingerprint density at radius 2 is 1.75 bits per heavy atom. The molecule has 0 radical (unpaired) electrons. The lowest BCUT2D eigenvalue weighted by Gasteiger charge is -2.09. The molecule has 1 atom stereocenters. The summed E-state index contributed by atoms with van der Waals surface area (Å²) < 4.78 is 5.58. The maximum atomic E-state index is 12.0. The fraction of sp³-hybridized carbons (Fsp3) is 0.167. The number of anilines is 1. The molecular weight excluding hydrogens is 324 g/mol. The number of carbonyl (C=O) groups excluding carboxylic acids is 2. The molecular formula is C18H16N2O3S. The van der Waals surface area contributed by atoms with Gasteiger partial charge in [0.2, 0.25) is 5.91 Å². The quantitative estimate of drug-likeness (QED) is 0.877. The van der Waals surface area contributed by atoms with Crippen LogP contribution in [-0.4, -0.2) is 28.7 Å². The summed E-state index contributed by atoms with van der Waals surface area (Å²) in [5, 5.41) is 2.89. The summed E-state index contributed by atoms with van der Waals surface area (Å²) in [6.45, 7) is 0.233. The number of benzene rings is 2. The van der Waals surface area contributed by atoms with Crippen LogP contribution in [0.5, 0.6) is 5.75 Å². The SMILES string of the molecule is O=C(C[C@H]1SC(COc2ccccc2)=NC1=O)Nc1ccccc1. The molecule has 5 nitrogen and oxygen atoms in total. The highest BCUT2D eigenvalue weighted by atomic mass is 32.2. The number of ether oxygens (including phenoxy) is 1. The zero-order chi connectivity index (χ0) is 16.8. The molecule has 0 unspecified atom stereocenters. The predicted molar refractivity (Wildman–Crippen MR) is 95.4 cm³/mol. The molecule has 0 fully saturated rings. The van der Waals surface area contributed by atoms with E-state index in [1.807, 2.05) is 48.5 Å². The summed E-state index contributed by atoms with van der Waals surface area (Å²) in [4.78, 5) is 28.0. The summed E-state index contributed by atoms with van der Waals surface area (Å²) in [5.74, 6) is 0.237. The van der Waals surface area contributed by atoms with Crippen molar-refractivity contribution in [1.29, 1.82) is 0 Å². The number of rotatable bonds is 6. The van der Waals surface area contributed by atoms with E-state index in [0.29, 0.717) is 10.7 Å². The molecule has 1 aliphatic heterocycles. The van der Waals surface area contributed by atoms with Crippen molar-refractivity contribution in [3.63, 3.8) is 0 Å². The fourth-order valence-electron chi connectivity index (χ4n) is 2.19. The van der Waals surface area contributed by atoms with Crippen LogP contribution < -0.4 is 10.1 Å². The van der Waals surface area contributed by atoms with Crippen LogP contribution in [-0.2, 0) is 9.59 Å². The molecule has 0 saturated carbocycles. The second-order valence-electron chi connectivity index (χ2n) is 5.17. The number of nitrogens with zero attached hydrogens (tertiary/aromatic N) is 1. The van der Waals surface area contributed by atoms with Gasteiger partial charge in [0.15, 0.2) is 0 Å². The Labute approximate surface area is 144 Å². The van der Waals surface area contributed by atoms with Crippen LogP contribution in [0.1, 0.15) is 6.42 Å². The number of aliphatic imine (C=N–C) groups is 1. The molecule has 0 bridgehead atoms. The Balaban J connectivity index is 1.48. The van der Waals surface area contributed by atoms with Gasteiger partial charge in [-0.25, -0.2) is 4.99 Å². The molecule has 2 amide bonds. The molecule has 1 aliphatic rings. The van der Waals surface area contributed by atoms with E-state index in [-0.39, 0.29) is 24.8 Å². The molecule has 0 saturated heterocycles. The van der Waals surface area contributed by atoms with Gasteiger partial charge in [-0.2, -0.15) is 0 Å². The molecule has 6 heteroatoms. The van der Waals surface area contributed by atoms with E-state index in [1.54, 1.807) is 12.1 Å². The van der Waals surface area contributed by atoms with Crippen molar-refractivity contribution in [2.45, 2.75) is 11.7 Å². The van der Waals surface area contributed by atoms with Crippen molar-refractivity contribution >= 4 is 34.3 Å². The topological polar surface area (TPSA) is 67.8 Å². The normalized spacial score (nSPS) is 16.6. The average Bonchev–Trinajstić information content (AvgIpc) is 2.94. The molecule has 2 aromatic carbocycles. The van der Waals surface area contributed by atoms with Crippen LogP contribution in [0.25, 0.3) is 0 Å². The monoisotopic (exact) mass is 340 g/mol. The van der Waals surface area contributed by atoms with Crippen LogP contribution >= 0.6 is 11.8 Å². The van der Waals surface area contributed by atoms with E-state index >= 15 is 0 Å². The van der Waals surface area contributed by atoms with Gasteiger partial charge in [-0.3, -0.25) is 9.59 Å². The summed E-state index contributed by atoms with van der Waals surface area (Å²) in [7, 11) is 0. The van der Waals surface area contributed by atoms with E-state index in [2.05, 4.69) is 10.3 Å². The lowest BCUT2D eigenvalue weighted by molar-refractivity contribution is -0.121. The van der Waals surface area contributed by atoms with Crippen molar-refractivity contribution in [3.8, 4) is 5.75 Å². The van der Waals surface area contributed by atoms with Gasteiger partial charge in [-0.15, -0.1) is 0 Å². The Morgan fingerprint density at radius 3 is 2.46 bits per heavy atom. The molecule has 1 N–H and O–H groups in total. The van der Waals surface area contributed by atoms with E-state index < -0.39 is 5.25 Å². The van der Waals surface area contributed by atoms with Crippen molar-refractivity contribution in [2.75, 3.05) is 11.9 Å². The fourth-order valence-corrected chi connectivity index (χ4v) is 3.18. The lowest BCUT2D eigenvalue weighted by atomic mass is 10.2. The summed E-state index contributed by atoms with van der Waals surface area (Å²) in [6, 6.07) is 18.5. The number of hydrogen-bond acceptors (Lipinski definition) is 4. The minimum absolute atomic E-state index is 0.0940. The first-order chi connectivity index (χ1) is 11.7. The zero-order valence-electron chi connectivity index (χ0n) is 12.8. The van der Waals surface area contributed by atoms with E-state index in [1.165, 1.54) is 11.8 Å². The molecule has 3 rings (SSSR count). The largest absolute Gasteiger partial charge is 0.487 e. The number of nitrogens with one attached hydrogen (secondary N) is 1. The molecule has 122 valence electrons. The smallest absolute Gasteiger partial charge is 0.260 e. The molecule has 2 aromatic rings. The van der Waals surface area contributed by atoms with Gasteiger partial charge in [0.05, 0.1) is 0 Å². The number of amides is 2. The van der Waals surface area contributed by atoms with E-state index in [4.69, 9.17) is 4.74 Å². The van der Waals surface area contributed by atoms with Gasteiger partial charge in [0.1, 0.15) is 22.7 Å². The first kappa shape index (κ1) is 16.3. The second-order valence-corrected chi connectivity index (χ2v) is 6.45. The Morgan fingerprint density at radius 1 is 1.08 bits per heavy atom. The molecule has 0 aromatic heterocycles. The highest BCUT2D eigenvalue weighted by Crippen LogP contribution is 2.26. The average molecular weight is 340 g/mol. The van der Waals surface area contributed by atoms with Gasteiger partial charge in [0.25, 0.3) is 5.91 Å². The maximum absolute atomic E-state index is 12.0. The van der Waals surface area contributed by atoms with Gasteiger partial charge in [-0.05, 0) is 24.3 Å². The first-order valence-electron chi connectivity index (χ1n) is 7.51. The van der Waals surface area contributed by atoms with Crippen LogP contribution in [0.2, 0.25) is 0 Å². The molecule has 24 heavy (non-hydrogen) atoms. The van der Waals surface area contributed by atoms with Gasteiger partial charge < -0.3 is 10.1 Å². The van der Waals surface area contributed by atoms with Crippen molar-refractivity contribution in [3.05, 3.63) is 60.7 Å². The standard InChI is InChI=1S/C18H16N2O3S/c21-16(19-13-7-3-1-4-8-13)11-15-18(22)20-17(24-15)12-23-14-9-5-2-6-10-14/h1-10,15H,11-12H2,(H,19,21)/t15-/m1/s1. The maximum Gasteiger partial charge on any atom is 0.260 e. The van der Waals surface area contributed by atoms with Gasteiger partial charge in [-0.1, -0.05) is 48.2 Å². The van der Waals surface area contributed by atoms with Crippen molar-refractivity contribution < 1.29 is 14.3 Å². The van der Waals surface area contributed by atoms with Gasteiger partial charge in [0, 0.05) is 12.1 Å². The van der Waals surface area contributed by atoms with Gasteiger partial charge >= 0.3 is 0 Å². The van der Waals surface area contributed by atoms with Crippen LogP contribution in [0.3, 0.4) is 0 Å². The number of hydrogen-bond donors (Lipinski definition) is 1. The number of thioether (sulfide) groups is 1. The highest BCUT2D eigenvalue weighted by Gasteiger charge is 2.30. The van der Waals surface area contributed by atoms with E-state index in [9.17, 15) is 9.59 Å². The molecule has 0 spiro atoms. The third-order valence-electron chi connectivity index (χ3n) is 3.32. The number of para-hydroxylation sites is 2. The Kier molecular flexibility index (Phi) is 5.28. The minimum atomic E-state index is -0.483. The Bertz CT molecular complexity index is 747. The van der Waals surface area contributed by atoms with Crippen molar-refractivity contribution in [1.82, 2.24) is 0 Å². The second kappa shape index (κ2) is 7.79. The summed E-state index contributed by atoms with van der Waals surface area (Å²) >= 11 is 1.29. The molecule has 0 aliphatic carbocycles. The summed E-state index contributed by atoms with van der Waals surface area (Å²) in [6.07, 6.45) is 0.0940. The number of carbonyl (C=O) groups is 2. The molecule has 1 heterocycles. The summed E-state index contributed by atoms with van der Waals surface area (Å²) in [5.41, 5.74) is 0.714. The van der Waals surface area contributed by atoms with Crippen LogP contribution in [0.15, 0.2) is 65.7 Å². The van der Waals surface area contributed by atoms with Crippen LogP contribution in [0.4, 0.5) is 5.69 Å².